The van der Waals surface area contributed by atoms with E-state index in [1.807, 2.05) is 0 Å². The molecule has 1 aromatic carbocycles. The van der Waals surface area contributed by atoms with Gasteiger partial charge in [0.1, 0.15) is 27.5 Å². The lowest BCUT2D eigenvalue weighted by Gasteiger charge is -2.40. The van der Waals surface area contributed by atoms with Crippen molar-refractivity contribution < 1.29 is 26.9 Å². The maximum absolute atomic E-state index is 14.3. The molecular weight excluding hydrogens is 396 g/mol. The smallest absolute Gasteiger partial charge is 0.419 e. The summed E-state index contributed by atoms with van der Waals surface area (Å²) < 4.78 is 74.1. The Balaban J connectivity index is 2.18. The molecule has 2 aromatic rings. The molecule has 0 amide bonds. The highest BCUT2D eigenvalue weighted by Gasteiger charge is 2.47. The van der Waals surface area contributed by atoms with Gasteiger partial charge in [-0.05, 0) is 50.6 Å². The number of aromatic nitrogens is 1. The predicted octanol–water partition coefficient (Wildman–Crippen LogP) is 4.32. The highest BCUT2D eigenvalue weighted by Crippen LogP contribution is 2.43. The number of rotatable bonds is 3. The number of fused-ring (bicyclic) bond motifs is 1. The van der Waals surface area contributed by atoms with Crippen molar-refractivity contribution in [3.63, 3.8) is 0 Å². The summed E-state index contributed by atoms with van der Waals surface area (Å²) in [5.74, 6) is -0.982. The van der Waals surface area contributed by atoms with E-state index < -0.39 is 39.2 Å². The van der Waals surface area contributed by atoms with Crippen LogP contribution < -0.4 is 9.46 Å². The second kappa shape index (κ2) is 7.20. The number of hydrogen-bond acceptors (Lipinski definition) is 4. The Labute approximate surface area is 163 Å². The molecule has 0 saturated carbocycles. The van der Waals surface area contributed by atoms with Crippen LogP contribution in [0.25, 0.3) is 0 Å². The topological polar surface area (TPSA) is 57.2 Å². The van der Waals surface area contributed by atoms with Crippen LogP contribution in [0, 0.1) is 5.82 Å². The SMILES string of the molecule is CC(C)(C)[S@@+]([O-])N[C@]1(c2ccc(C(F)(F)F)c(F)c2)CCOc2cccnc21. The van der Waals surface area contributed by atoms with E-state index >= 15 is 0 Å². The first-order chi connectivity index (χ1) is 12.9. The molecule has 1 aliphatic heterocycles. The maximum Gasteiger partial charge on any atom is 0.419 e. The monoisotopic (exact) mass is 416 g/mol. The molecule has 152 valence electrons. The molecule has 2 atom stereocenters. The Bertz CT molecular complexity index is 870. The van der Waals surface area contributed by atoms with Crippen LogP contribution in [-0.4, -0.2) is 20.9 Å². The van der Waals surface area contributed by atoms with E-state index in [0.29, 0.717) is 17.5 Å². The van der Waals surface area contributed by atoms with Crippen LogP contribution in [0.1, 0.15) is 44.0 Å². The molecule has 0 saturated heterocycles. The summed E-state index contributed by atoms with van der Waals surface area (Å²) >= 11 is -1.60. The van der Waals surface area contributed by atoms with Gasteiger partial charge in [-0.15, -0.1) is 4.72 Å². The molecular formula is C19H20F4N2O2S. The van der Waals surface area contributed by atoms with Gasteiger partial charge in [-0.1, -0.05) is 6.07 Å². The molecule has 3 rings (SSSR count). The predicted molar refractivity (Wildman–Crippen MR) is 97.6 cm³/mol. The second-order valence-corrected chi connectivity index (χ2v) is 9.50. The van der Waals surface area contributed by atoms with Gasteiger partial charge in [0, 0.05) is 24.0 Å². The second-order valence-electron chi connectivity index (χ2n) is 7.53. The van der Waals surface area contributed by atoms with Crippen LogP contribution >= 0.6 is 0 Å². The summed E-state index contributed by atoms with van der Waals surface area (Å²) in [5, 5.41) is 0. The molecule has 2 heterocycles. The number of nitrogens with one attached hydrogen (secondary N) is 1. The number of nitrogens with zero attached hydrogens (tertiary/aromatic N) is 1. The van der Waals surface area contributed by atoms with Crippen LogP contribution in [-0.2, 0) is 23.1 Å². The molecule has 0 spiro atoms. The molecule has 0 unspecified atom stereocenters. The van der Waals surface area contributed by atoms with E-state index in [0.717, 1.165) is 6.07 Å². The first kappa shape index (κ1) is 20.9. The van der Waals surface area contributed by atoms with Gasteiger partial charge >= 0.3 is 6.18 Å². The first-order valence-corrected chi connectivity index (χ1v) is 9.75. The average Bonchev–Trinajstić information content (AvgIpc) is 2.60. The lowest BCUT2D eigenvalue weighted by molar-refractivity contribution is -0.140. The number of benzene rings is 1. The van der Waals surface area contributed by atoms with Crippen LogP contribution in [0.4, 0.5) is 17.6 Å². The normalized spacial score (nSPS) is 21.0. The van der Waals surface area contributed by atoms with Crippen molar-refractivity contribution in [1.29, 1.82) is 0 Å². The zero-order valence-corrected chi connectivity index (χ0v) is 16.4. The van der Waals surface area contributed by atoms with E-state index in [-0.39, 0.29) is 18.6 Å². The minimum Gasteiger partial charge on any atom is -0.598 e. The maximum atomic E-state index is 14.3. The molecule has 1 N–H and O–H groups in total. The Kier molecular flexibility index (Phi) is 5.37. The third kappa shape index (κ3) is 3.83. The van der Waals surface area contributed by atoms with E-state index in [1.165, 1.54) is 12.3 Å². The van der Waals surface area contributed by atoms with E-state index in [4.69, 9.17) is 4.74 Å². The molecule has 0 aliphatic carbocycles. The Morgan fingerprint density at radius 2 is 1.93 bits per heavy atom. The highest BCUT2D eigenvalue weighted by atomic mass is 32.2. The summed E-state index contributed by atoms with van der Waals surface area (Å²) in [7, 11) is 0. The zero-order valence-electron chi connectivity index (χ0n) is 15.6. The zero-order chi connectivity index (χ0) is 20.7. The van der Waals surface area contributed by atoms with Gasteiger partial charge in [0.15, 0.2) is 0 Å². The van der Waals surface area contributed by atoms with E-state index in [9.17, 15) is 22.1 Å². The molecule has 0 bridgehead atoms. The van der Waals surface area contributed by atoms with Crippen molar-refractivity contribution in [2.45, 2.75) is 43.7 Å². The van der Waals surface area contributed by atoms with Crippen LogP contribution in [0.3, 0.4) is 0 Å². The molecule has 0 fully saturated rings. The van der Waals surface area contributed by atoms with Crippen molar-refractivity contribution >= 4 is 11.4 Å². The minimum absolute atomic E-state index is 0.204. The Hall–Kier alpha value is -1.84. The number of alkyl halides is 3. The molecule has 1 aliphatic rings. The molecule has 0 radical (unpaired) electrons. The average molecular weight is 416 g/mol. The molecule has 9 heteroatoms. The van der Waals surface area contributed by atoms with Gasteiger partial charge in [0.25, 0.3) is 0 Å². The summed E-state index contributed by atoms with van der Waals surface area (Å²) in [4.78, 5) is 4.32. The van der Waals surface area contributed by atoms with Crippen molar-refractivity contribution in [1.82, 2.24) is 9.71 Å². The Morgan fingerprint density at radius 3 is 2.54 bits per heavy atom. The summed E-state index contributed by atoms with van der Waals surface area (Å²) in [5.41, 5.74) is -2.04. The van der Waals surface area contributed by atoms with Crippen molar-refractivity contribution in [3.05, 3.63) is 59.2 Å². The number of halogens is 4. The van der Waals surface area contributed by atoms with Gasteiger partial charge in [0.2, 0.25) is 0 Å². The van der Waals surface area contributed by atoms with Gasteiger partial charge in [-0.3, -0.25) is 4.98 Å². The standard InChI is InChI=1S/C19H20F4N2O2S/c1-17(2,3)28(26)25-18(8-10-27-15-5-4-9-24-16(15)18)12-6-7-13(14(20)11-12)19(21,22)23/h4-7,9,11,25H,8,10H2,1-3H3/t18-,28+/m0/s1. The van der Waals surface area contributed by atoms with Crippen LogP contribution in [0.2, 0.25) is 0 Å². The van der Waals surface area contributed by atoms with Gasteiger partial charge in [0.05, 0.1) is 12.2 Å². The largest absolute Gasteiger partial charge is 0.598 e. The van der Waals surface area contributed by atoms with Crippen molar-refractivity contribution in [2.24, 2.45) is 0 Å². The van der Waals surface area contributed by atoms with Gasteiger partial charge in [-0.25, -0.2) is 4.39 Å². The Morgan fingerprint density at radius 1 is 1.21 bits per heavy atom. The van der Waals surface area contributed by atoms with E-state index in [2.05, 4.69) is 9.71 Å². The molecule has 4 nitrogen and oxygen atoms in total. The number of pyridine rings is 1. The van der Waals surface area contributed by atoms with E-state index in [1.54, 1.807) is 32.9 Å². The summed E-state index contributed by atoms with van der Waals surface area (Å²) in [6, 6.07) is 6.05. The van der Waals surface area contributed by atoms with Crippen LogP contribution in [0.15, 0.2) is 36.5 Å². The summed E-state index contributed by atoms with van der Waals surface area (Å²) in [6.45, 7) is 5.48. The lowest BCUT2D eigenvalue weighted by Crippen LogP contribution is -2.54. The van der Waals surface area contributed by atoms with Gasteiger partial charge in [-0.2, -0.15) is 13.2 Å². The fraction of sp³-hybridized carbons (Fsp3) is 0.421. The number of hydrogen-bond donors (Lipinski definition) is 1. The summed E-state index contributed by atoms with van der Waals surface area (Å²) in [6.07, 6.45) is -3.07. The van der Waals surface area contributed by atoms with Gasteiger partial charge < -0.3 is 9.29 Å². The van der Waals surface area contributed by atoms with Crippen molar-refractivity contribution in [2.75, 3.05) is 6.61 Å². The minimum atomic E-state index is -4.80. The van der Waals surface area contributed by atoms with Crippen LogP contribution in [0.5, 0.6) is 5.75 Å². The number of ether oxygens (including phenoxy) is 1. The lowest BCUT2D eigenvalue weighted by atomic mass is 9.82. The quantitative estimate of drug-likeness (QED) is 0.598. The fourth-order valence-electron chi connectivity index (χ4n) is 3.02. The fourth-order valence-corrected chi connectivity index (χ4v) is 3.96. The molecule has 1 aromatic heterocycles. The highest BCUT2D eigenvalue weighted by molar-refractivity contribution is 7.90. The first-order valence-electron chi connectivity index (χ1n) is 8.60. The molecule has 28 heavy (non-hydrogen) atoms. The van der Waals surface area contributed by atoms with Crippen molar-refractivity contribution in [3.8, 4) is 5.75 Å². The third-order valence-electron chi connectivity index (χ3n) is 4.50. The third-order valence-corrected chi connectivity index (χ3v) is 6.15.